The highest BCUT2D eigenvalue weighted by Gasteiger charge is 2.34. The zero-order valence-corrected chi connectivity index (χ0v) is 9.69. The van der Waals surface area contributed by atoms with Crippen LogP contribution in [0.15, 0.2) is 6.20 Å². The molecule has 16 heavy (non-hydrogen) atoms. The third-order valence-corrected chi connectivity index (χ3v) is 3.33. The lowest BCUT2D eigenvalue weighted by atomic mass is 10.3. The molecule has 0 amide bonds. The van der Waals surface area contributed by atoms with E-state index < -0.39 is 0 Å². The summed E-state index contributed by atoms with van der Waals surface area (Å²) in [4.78, 5) is 6.63. The Morgan fingerprint density at radius 2 is 2.25 bits per heavy atom. The van der Waals surface area contributed by atoms with E-state index in [4.69, 9.17) is 11.6 Å². The molecular weight excluding hydrogens is 226 g/mol. The smallest absolute Gasteiger partial charge is 0.244 e. The fraction of sp³-hybridized carbons (Fsp3) is 0.700. The van der Waals surface area contributed by atoms with Crippen LogP contribution in [0.4, 0.5) is 5.82 Å². The number of nitrogens with zero attached hydrogens (tertiary/aromatic N) is 4. The first-order valence-corrected chi connectivity index (χ1v) is 6.05. The Labute approximate surface area is 99.2 Å². The van der Waals surface area contributed by atoms with Crippen LogP contribution in [-0.4, -0.2) is 45.3 Å². The molecule has 86 valence electrons. The van der Waals surface area contributed by atoms with E-state index in [-0.39, 0.29) is 5.28 Å². The van der Waals surface area contributed by atoms with E-state index in [0.717, 1.165) is 24.8 Å². The molecule has 3 rings (SSSR count). The van der Waals surface area contributed by atoms with Gasteiger partial charge in [-0.3, -0.25) is 4.90 Å². The molecule has 1 aromatic heterocycles. The fourth-order valence-corrected chi connectivity index (χ4v) is 2.37. The van der Waals surface area contributed by atoms with E-state index in [9.17, 15) is 0 Å². The molecule has 1 aliphatic carbocycles. The van der Waals surface area contributed by atoms with E-state index in [1.807, 2.05) is 0 Å². The third kappa shape index (κ3) is 2.25. The highest BCUT2D eigenvalue weighted by atomic mass is 35.5. The number of anilines is 1. The monoisotopic (exact) mass is 239 g/mol. The van der Waals surface area contributed by atoms with E-state index in [2.05, 4.69) is 25.4 Å². The van der Waals surface area contributed by atoms with E-state index in [1.165, 1.54) is 19.4 Å². The fourth-order valence-electron chi connectivity index (χ4n) is 2.24. The largest absolute Gasteiger partial charge is 0.365 e. The molecule has 0 radical (unpaired) electrons. The van der Waals surface area contributed by atoms with Crippen LogP contribution in [0, 0.1) is 0 Å². The Kier molecular flexibility index (Phi) is 2.65. The molecule has 0 bridgehead atoms. The molecule has 2 aliphatic rings. The van der Waals surface area contributed by atoms with Crippen molar-refractivity contribution in [1.82, 2.24) is 20.1 Å². The van der Waals surface area contributed by atoms with Crippen LogP contribution in [-0.2, 0) is 0 Å². The lowest BCUT2D eigenvalue weighted by Gasteiger charge is -2.15. The van der Waals surface area contributed by atoms with Gasteiger partial charge in [0.25, 0.3) is 0 Å². The number of hydrogen-bond acceptors (Lipinski definition) is 5. The summed E-state index contributed by atoms with van der Waals surface area (Å²) in [6, 6.07) is 1.31. The summed E-state index contributed by atoms with van der Waals surface area (Å²) in [5.74, 6) is 0.725. The third-order valence-electron chi connectivity index (χ3n) is 3.17. The molecule has 5 nitrogen and oxygen atoms in total. The first kappa shape index (κ1) is 10.2. The number of rotatable bonds is 3. The number of aromatic nitrogens is 3. The Bertz CT molecular complexity index is 381. The van der Waals surface area contributed by atoms with Gasteiger partial charge in [-0.05, 0) is 30.9 Å². The Balaban J connectivity index is 1.59. The average molecular weight is 240 g/mol. The Morgan fingerprint density at radius 1 is 1.38 bits per heavy atom. The molecule has 1 saturated heterocycles. The van der Waals surface area contributed by atoms with Gasteiger partial charge in [0, 0.05) is 25.2 Å². The van der Waals surface area contributed by atoms with Crippen molar-refractivity contribution in [2.75, 3.05) is 18.4 Å². The van der Waals surface area contributed by atoms with Gasteiger partial charge in [0.05, 0.1) is 6.20 Å². The minimum Gasteiger partial charge on any atom is -0.365 e. The van der Waals surface area contributed by atoms with Crippen molar-refractivity contribution in [3.05, 3.63) is 11.5 Å². The number of likely N-dealkylation sites (tertiary alicyclic amines) is 1. The SMILES string of the molecule is Clc1nncc(NC2CCN(C3CC3)C2)n1. The van der Waals surface area contributed by atoms with Gasteiger partial charge in [-0.25, -0.2) is 0 Å². The van der Waals surface area contributed by atoms with Gasteiger partial charge in [0.1, 0.15) is 5.82 Å². The zero-order valence-electron chi connectivity index (χ0n) is 8.93. The molecule has 2 fully saturated rings. The van der Waals surface area contributed by atoms with Crippen molar-refractivity contribution in [2.24, 2.45) is 0 Å². The minimum atomic E-state index is 0.196. The van der Waals surface area contributed by atoms with Crippen molar-refractivity contribution in [1.29, 1.82) is 0 Å². The van der Waals surface area contributed by atoms with Crippen LogP contribution >= 0.6 is 11.6 Å². The Hall–Kier alpha value is -0.940. The lowest BCUT2D eigenvalue weighted by molar-refractivity contribution is 0.326. The first-order valence-electron chi connectivity index (χ1n) is 5.67. The predicted molar refractivity (Wildman–Crippen MR) is 61.5 cm³/mol. The van der Waals surface area contributed by atoms with Gasteiger partial charge in [-0.2, -0.15) is 10.1 Å². The van der Waals surface area contributed by atoms with Crippen molar-refractivity contribution in [2.45, 2.75) is 31.3 Å². The average Bonchev–Trinajstić information content (AvgIpc) is 3.01. The molecule has 1 aromatic rings. The summed E-state index contributed by atoms with van der Waals surface area (Å²) in [6.07, 6.45) is 5.52. The predicted octanol–water partition coefficient (Wildman–Crippen LogP) is 1.17. The number of halogens is 1. The maximum Gasteiger partial charge on any atom is 0.244 e. The van der Waals surface area contributed by atoms with E-state index in [0.29, 0.717) is 6.04 Å². The molecule has 0 aromatic carbocycles. The van der Waals surface area contributed by atoms with Crippen molar-refractivity contribution >= 4 is 17.4 Å². The van der Waals surface area contributed by atoms with Gasteiger partial charge in [0.2, 0.25) is 5.28 Å². The summed E-state index contributed by atoms with van der Waals surface area (Å²) in [7, 11) is 0. The summed E-state index contributed by atoms with van der Waals surface area (Å²) < 4.78 is 0. The van der Waals surface area contributed by atoms with E-state index >= 15 is 0 Å². The molecule has 2 heterocycles. The topological polar surface area (TPSA) is 53.9 Å². The second-order valence-corrected chi connectivity index (χ2v) is 4.80. The van der Waals surface area contributed by atoms with E-state index in [1.54, 1.807) is 6.20 Å². The maximum atomic E-state index is 5.68. The van der Waals surface area contributed by atoms with Crippen LogP contribution in [0.1, 0.15) is 19.3 Å². The molecule has 1 aliphatic heterocycles. The standard InChI is InChI=1S/C10H14ClN5/c11-10-14-9(5-12-15-10)13-7-3-4-16(6-7)8-1-2-8/h5,7-8H,1-4,6H2,(H,13,14,15). The number of hydrogen-bond donors (Lipinski definition) is 1. The highest BCUT2D eigenvalue weighted by Crippen LogP contribution is 2.30. The lowest BCUT2D eigenvalue weighted by Crippen LogP contribution is -2.28. The normalized spacial score (nSPS) is 25.9. The van der Waals surface area contributed by atoms with Crippen LogP contribution in [0.2, 0.25) is 5.28 Å². The van der Waals surface area contributed by atoms with Crippen LogP contribution in [0.25, 0.3) is 0 Å². The second-order valence-electron chi connectivity index (χ2n) is 4.47. The number of nitrogens with one attached hydrogen (secondary N) is 1. The van der Waals surface area contributed by atoms with Crippen LogP contribution in [0.5, 0.6) is 0 Å². The summed E-state index contributed by atoms with van der Waals surface area (Å²) in [5, 5.41) is 10.9. The molecular formula is C10H14ClN5. The van der Waals surface area contributed by atoms with Crippen molar-refractivity contribution in [3.63, 3.8) is 0 Å². The van der Waals surface area contributed by atoms with Crippen LogP contribution in [0.3, 0.4) is 0 Å². The zero-order chi connectivity index (χ0) is 11.0. The molecule has 1 atom stereocenters. The van der Waals surface area contributed by atoms with Gasteiger partial charge in [-0.1, -0.05) is 0 Å². The molecule has 0 spiro atoms. The molecule has 6 heteroatoms. The highest BCUT2D eigenvalue weighted by molar-refractivity contribution is 6.28. The maximum absolute atomic E-state index is 5.68. The van der Waals surface area contributed by atoms with Gasteiger partial charge >= 0.3 is 0 Å². The summed E-state index contributed by atoms with van der Waals surface area (Å²) in [5.41, 5.74) is 0. The minimum absolute atomic E-state index is 0.196. The summed E-state index contributed by atoms with van der Waals surface area (Å²) >= 11 is 5.68. The first-order chi connectivity index (χ1) is 7.81. The molecule has 1 unspecified atom stereocenters. The summed E-state index contributed by atoms with van der Waals surface area (Å²) in [6.45, 7) is 2.29. The van der Waals surface area contributed by atoms with Gasteiger partial charge in [-0.15, -0.1) is 5.10 Å². The van der Waals surface area contributed by atoms with Crippen LogP contribution < -0.4 is 5.32 Å². The quantitative estimate of drug-likeness (QED) is 0.858. The van der Waals surface area contributed by atoms with Gasteiger partial charge in [0.15, 0.2) is 0 Å². The molecule has 1 saturated carbocycles. The van der Waals surface area contributed by atoms with Crippen molar-refractivity contribution < 1.29 is 0 Å². The van der Waals surface area contributed by atoms with Gasteiger partial charge < -0.3 is 5.32 Å². The second kappa shape index (κ2) is 4.14. The Morgan fingerprint density at radius 3 is 3.00 bits per heavy atom. The molecule has 1 N–H and O–H groups in total. The van der Waals surface area contributed by atoms with Crippen molar-refractivity contribution in [3.8, 4) is 0 Å².